The lowest BCUT2D eigenvalue weighted by Crippen LogP contribution is -2.58. The molecule has 0 aromatic heterocycles. The van der Waals surface area contributed by atoms with Crippen molar-refractivity contribution >= 4 is 29.5 Å². The maximum atomic E-state index is 13.6. The van der Waals surface area contributed by atoms with Crippen molar-refractivity contribution in [2.45, 2.75) is 51.6 Å². The number of likely N-dealkylation sites (tertiary alicyclic amines) is 1. The van der Waals surface area contributed by atoms with Crippen molar-refractivity contribution in [2.24, 2.45) is 5.92 Å². The monoisotopic (exact) mass is 577 g/mol. The van der Waals surface area contributed by atoms with Crippen molar-refractivity contribution in [1.29, 1.82) is 0 Å². The van der Waals surface area contributed by atoms with Gasteiger partial charge in [-0.1, -0.05) is 67.6 Å². The topological polar surface area (TPSA) is 122 Å². The zero-order valence-corrected chi connectivity index (χ0v) is 24.8. The largest absolute Gasteiger partial charge is 0.480 e. The van der Waals surface area contributed by atoms with Crippen LogP contribution in [0.3, 0.4) is 0 Å². The van der Waals surface area contributed by atoms with Crippen LogP contribution >= 0.6 is 0 Å². The van der Waals surface area contributed by atoms with E-state index in [1.807, 2.05) is 41.3 Å². The fraction of sp³-hybridized carbons (Fsp3) is 0.438. The number of hydrogen-bond donors (Lipinski definition) is 3. The molecule has 2 fully saturated rings. The lowest BCUT2D eigenvalue weighted by atomic mass is 9.85. The maximum Gasteiger partial charge on any atom is 0.322 e. The van der Waals surface area contributed by atoms with E-state index in [-0.39, 0.29) is 24.4 Å². The fourth-order valence-corrected chi connectivity index (χ4v) is 5.32. The van der Waals surface area contributed by atoms with E-state index >= 15 is 0 Å². The molecule has 0 bridgehead atoms. The van der Waals surface area contributed by atoms with Gasteiger partial charge in [0.15, 0.2) is 0 Å². The summed E-state index contributed by atoms with van der Waals surface area (Å²) in [6.45, 7) is 5.57. The quantitative estimate of drug-likeness (QED) is 0.464. The van der Waals surface area contributed by atoms with Crippen LogP contribution in [0.1, 0.15) is 45.1 Å². The van der Waals surface area contributed by atoms with E-state index in [1.54, 1.807) is 11.9 Å². The molecule has 2 saturated heterocycles. The van der Waals surface area contributed by atoms with Crippen molar-refractivity contribution < 1.29 is 24.3 Å². The fourth-order valence-electron chi connectivity index (χ4n) is 5.32. The number of allylic oxidation sites excluding steroid dienone is 2. The molecule has 226 valence electrons. The molecular formula is C32H43N5O5. The van der Waals surface area contributed by atoms with E-state index in [2.05, 4.69) is 58.9 Å². The molecule has 0 radical (unpaired) electrons. The summed E-state index contributed by atoms with van der Waals surface area (Å²) in [6, 6.07) is 20.2. The van der Waals surface area contributed by atoms with Crippen molar-refractivity contribution in [3.05, 3.63) is 78.4 Å². The molecule has 0 atom stereocenters. The van der Waals surface area contributed by atoms with Crippen molar-refractivity contribution in [2.75, 3.05) is 38.3 Å². The first-order valence-corrected chi connectivity index (χ1v) is 14.4. The van der Waals surface area contributed by atoms with Gasteiger partial charge in [-0.15, -0.1) is 0 Å². The summed E-state index contributed by atoms with van der Waals surface area (Å²) >= 11 is 0. The second kappa shape index (κ2) is 15.6. The van der Waals surface area contributed by atoms with Crippen LogP contribution in [-0.4, -0.2) is 77.6 Å². The van der Waals surface area contributed by atoms with Gasteiger partial charge in [0, 0.05) is 39.3 Å². The lowest BCUT2D eigenvalue weighted by molar-refractivity contribution is -0.137. The summed E-state index contributed by atoms with van der Waals surface area (Å²) in [5.74, 6) is -0.255. The molecule has 2 heterocycles. The molecule has 3 N–H and O–H groups in total. The molecule has 10 heteroatoms. The van der Waals surface area contributed by atoms with E-state index in [1.165, 1.54) is 19.8 Å². The lowest BCUT2D eigenvalue weighted by Gasteiger charge is -2.43. The van der Waals surface area contributed by atoms with Gasteiger partial charge in [-0.3, -0.25) is 14.4 Å². The van der Waals surface area contributed by atoms with Gasteiger partial charge >= 0.3 is 12.0 Å². The van der Waals surface area contributed by atoms with Crippen LogP contribution in [0.25, 0.3) is 0 Å². The summed E-state index contributed by atoms with van der Waals surface area (Å²) in [7, 11) is 1.64. The van der Waals surface area contributed by atoms with E-state index < -0.39 is 11.5 Å². The van der Waals surface area contributed by atoms with Gasteiger partial charge in [0.25, 0.3) is 0 Å². The summed E-state index contributed by atoms with van der Waals surface area (Å²) < 4.78 is 0. The Morgan fingerprint density at radius 3 is 1.98 bits per heavy atom. The minimum Gasteiger partial charge on any atom is -0.480 e. The molecule has 1 aliphatic carbocycles. The average Bonchev–Trinajstić information content (AvgIpc) is 3.58. The Morgan fingerprint density at radius 1 is 0.952 bits per heavy atom. The third-order valence-corrected chi connectivity index (χ3v) is 7.62. The molecule has 0 saturated carbocycles. The number of carboxylic acids is 1. The number of rotatable bonds is 5. The van der Waals surface area contributed by atoms with Crippen LogP contribution in [0.4, 0.5) is 10.5 Å². The number of para-hydroxylation sites is 1. The summed E-state index contributed by atoms with van der Waals surface area (Å²) in [6.07, 6.45) is 8.40. The van der Waals surface area contributed by atoms with Gasteiger partial charge in [0.2, 0.25) is 11.8 Å². The first-order chi connectivity index (χ1) is 20.2. The molecule has 2 aliphatic heterocycles. The first kappa shape index (κ1) is 32.2. The van der Waals surface area contributed by atoms with E-state index in [0.29, 0.717) is 39.1 Å². The van der Waals surface area contributed by atoms with E-state index in [0.717, 1.165) is 17.2 Å². The van der Waals surface area contributed by atoms with Crippen LogP contribution in [-0.2, 0) is 20.9 Å². The van der Waals surface area contributed by atoms with Crippen molar-refractivity contribution in [3.63, 3.8) is 0 Å². The highest BCUT2D eigenvalue weighted by atomic mass is 16.4. The van der Waals surface area contributed by atoms with Crippen LogP contribution in [0, 0.1) is 5.92 Å². The van der Waals surface area contributed by atoms with Crippen LogP contribution in [0.15, 0.2) is 72.8 Å². The van der Waals surface area contributed by atoms with E-state index in [9.17, 15) is 19.2 Å². The molecule has 3 aliphatic rings. The summed E-state index contributed by atoms with van der Waals surface area (Å²) in [5, 5.41) is 12.7. The highest BCUT2D eigenvalue weighted by molar-refractivity contribution is 5.94. The number of nitrogens with one attached hydrogen (secondary N) is 2. The Morgan fingerprint density at radius 2 is 1.52 bits per heavy atom. The number of aliphatic carboxylic acids is 1. The average molecular weight is 578 g/mol. The number of benzene rings is 2. The smallest absolute Gasteiger partial charge is 0.322 e. The molecule has 10 nitrogen and oxygen atoms in total. The van der Waals surface area contributed by atoms with Gasteiger partial charge in [0.05, 0.1) is 6.67 Å². The summed E-state index contributed by atoms with van der Waals surface area (Å²) in [5.41, 5.74) is 1.60. The van der Waals surface area contributed by atoms with Gasteiger partial charge in [-0.2, -0.15) is 0 Å². The third-order valence-electron chi connectivity index (χ3n) is 7.62. The van der Waals surface area contributed by atoms with Gasteiger partial charge in [-0.05, 0) is 49.3 Å². The molecule has 42 heavy (non-hydrogen) atoms. The Labute approximate surface area is 248 Å². The summed E-state index contributed by atoms with van der Waals surface area (Å²) in [4.78, 5) is 51.2. The number of nitrogens with zero attached hydrogens (tertiary/aromatic N) is 3. The molecule has 2 aromatic carbocycles. The Hall–Kier alpha value is -4.34. The van der Waals surface area contributed by atoms with Crippen molar-refractivity contribution in [3.8, 4) is 0 Å². The van der Waals surface area contributed by atoms with Gasteiger partial charge < -0.3 is 30.4 Å². The zero-order chi connectivity index (χ0) is 30.5. The van der Waals surface area contributed by atoms with Crippen LogP contribution < -0.4 is 15.5 Å². The molecule has 5 rings (SSSR count). The zero-order valence-electron chi connectivity index (χ0n) is 24.8. The standard InChI is InChI=1S/C22H26N4O2.C6H10.C4H7NO3/c1-23-21(28)24-14-12-22(13-15-24)20(27)25(16-18-8-4-2-5-9-18)17-26(22)19-10-6-3-7-11-19;1-6-4-2-3-5-6;1-3(6)5-2-4(7)8/h2-11H,12-17H2,1H3,(H,23,28);2-3,6H,4-5H2,1H3;2H2,1H3,(H,5,6)(H,7,8). The number of urea groups is 1. The molecular weight excluding hydrogens is 534 g/mol. The molecule has 0 unspecified atom stereocenters. The van der Waals surface area contributed by atoms with E-state index in [4.69, 9.17) is 5.11 Å². The van der Waals surface area contributed by atoms with Crippen molar-refractivity contribution in [1.82, 2.24) is 20.4 Å². The number of piperidine rings is 1. The first-order valence-electron chi connectivity index (χ1n) is 14.4. The second-order valence-electron chi connectivity index (χ2n) is 10.8. The normalized spacial score (nSPS) is 17.2. The molecule has 4 amide bonds. The van der Waals surface area contributed by atoms with Crippen LogP contribution in [0.5, 0.6) is 0 Å². The number of hydrogen-bond acceptors (Lipinski definition) is 5. The number of anilines is 1. The highest BCUT2D eigenvalue weighted by Crippen LogP contribution is 2.40. The SMILES string of the molecule is CC(=O)NCC(=O)O.CC1CC=CC1.CNC(=O)N1CCC2(CC1)C(=O)N(Cc1ccccc1)CN2c1ccccc1. The number of carboxylic acid groups (broad SMARTS) is 1. The maximum absolute atomic E-state index is 13.6. The molecule has 2 aromatic rings. The predicted octanol–water partition coefficient (Wildman–Crippen LogP) is 3.85. The Bertz CT molecular complexity index is 1190. The number of carbonyl (C=O) groups is 4. The predicted molar refractivity (Wildman–Crippen MR) is 163 cm³/mol. The molecule has 1 spiro atoms. The number of amides is 4. The third kappa shape index (κ3) is 8.83. The Kier molecular flexibility index (Phi) is 12.0. The number of carbonyl (C=O) groups excluding carboxylic acids is 3. The minimum absolute atomic E-state index is 0.0762. The highest BCUT2D eigenvalue weighted by Gasteiger charge is 2.54. The second-order valence-corrected chi connectivity index (χ2v) is 10.8. The minimum atomic E-state index is -1.03. The van der Waals surface area contributed by atoms with Crippen LogP contribution in [0.2, 0.25) is 0 Å². The van der Waals surface area contributed by atoms with Gasteiger partial charge in [0.1, 0.15) is 12.1 Å². The Balaban J connectivity index is 0.000000285. The van der Waals surface area contributed by atoms with Gasteiger partial charge in [-0.25, -0.2) is 4.79 Å².